The number of nitro groups is 1. The minimum absolute atomic E-state index is 0.0495. The first kappa shape index (κ1) is 24.6. The number of non-ortho nitro benzene ring substituents is 1. The Morgan fingerprint density at radius 3 is 2.50 bits per heavy atom. The average Bonchev–Trinajstić information content (AvgIpc) is 2.86. The standard InChI is InChI=1S/C25H18BrN3O7/c1-35-20-10-7-16(22(13-20)36-14-15-5-8-17(26)9-6-15)11-21-23(30)27-25(32)28(24(21)31)18-3-2-4-19(12-18)29(33)34/h2-13H,14H2,1H3,(H,27,30,32)/b21-11+. The summed E-state index contributed by atoms with van der Waals surface area (Å²) in [5.74, 6) is -1.000. The Bertz CT molecular complexity index is 1400. The van der Waals surface area contributed by atoms with Crippen molar-refractivity contribution in [2.75, 3.05) is 12.0 Å². The highest BCUT2D eigenvalue weighted by atomic mass is 79.9. The lowest BCUT2D eigenvalue weighted by Gasteiger charge is -2.26. The molecule has 0 bridgehead atoms. The van der Waals surface area contributed by atoms with Gasteiger partial charge in [0, 0.05) is 28.2 Å². The maximum Gasteiger partial charge on any atom is 0.335 e. The molecule has 1 fully saturated rings. The topological polar surface area (TPSA) is 128 Å². The second-order valence-corrected chi connectivity index (χ2v) is 8.47. The second kappa shape index (κ2) is 10.4. The number of rotatable bonds is 7. The van der Waals surface area contributed by atoms with Gasteiger partial charge < -0.3 is 9.47 Å². The van der Waals surface area contributed by atoms with Gasteiger partial charge in [-0.3, -0.25) is 25.0 Å². The molecular formula is C25H18BrN3O7. The van der Waals surface area contributed by atoms with Crippen molar-refractivity contribution in [3.05, 3.63) is 98.0 Å². The zero-order valence-corrected chi connectivity index (χ0v) is 20.4. The minimum Gasteiger partial charge on any atom is -0.497 e. The summed E-state index contributed by atoms with van der Waals surface area (Å²) in [7, 11) is 1.49. The molecule has 1 aliphatic rings. The SMILES string of the molecule is COc1ccc(/C=C2\C(=O)NC(=O)N(c3cccc([N+](=O)[O-])c3)C2=O)c(OCc2ccc(Br)cc2)c1. The largest absolute Gasteiger partial charge is 0.497 e. The van der Waals surface area contributed by atoms with E-state index in [2.05, 4.69) is 21.2 Å². The van der Waals surface area contributed by atoms with Crippen LogP contribution in [0.2, 0.25) is 0 Å². The molecule has 182 valence electrons. The lowest BCUT2D eigenvalue weighted by atomic mass is 10.1. The predicted octanol–water partition coefficient (Wildman–Crippen LogP) is 4.61. The molecule has 3 aromatic rings. The number of halogens is 1. The number of methoxy groups -OCH3 is 1. The third kappa shape index (κ3) is 5.26. The van der Waals surface area contributed by atoms with E-state index in [1.807, 2.05) is 24.3 Å². The fourth-order valence-electron chi connectivity index (χ4n) is 3.42. The van der Waals surface area contributed by atoms with Crippen LogP contribution in [-0.4, -0.2) is 29.9 Å². The van der Waals surface area contributed by atoms with Crippen LogP contribution in [0.15, 0.2) is 76.8 Å². The van der Waals surface area contributed by atoms with Crippen molar-refractivity contribution in [2.45, 2.75) is 6.61 Å². The van der Waals surface area contributed by atoms with Crippen molar-refractivity contribution in [2.24, 2.45) is 0 Å². The molecule has 0 unspecified atom stereocenters. The van der Waals surface area contributed by atoms with Crippen molar-refractivity contribution in [1.29, 1.82) is 0 Å². The van der Waals surface area contributed by atoms with E-state index in [4.69, 9.17) is 9.47 Å². The number of ether oxygens (including phenoxy) is 2. The van der Waals surface area contributed by atoms with E-state index in [9.17, 15) is 24.5 Å². The van der Waals surface area contributed by atoms with Gasteiger partial charge in [0.2, 0.25) is 0 Å². The number of anilines is 1. The summed E-state index contributed by atoms with van der Waals surface area (Å²) in [6, 6.07) is 16.3. The van der Waals surface area contributed by atoms with Crippen LogP contribution in [0.1, 0.15) is 11.1 Å². The zero-order valence-electron chi connectivity index (χ0n) is 18.8. The second-order valence-electron chi connectivity index (χ2n) is 7.55. The van der Waals surface area contributed by atoms with E-state index < -0.39 is 22.8 Å². The van der Waals surface area contributed by atoms with Crippen molar-refractivity contribution < 1.29 is 28.8 Å². The van der Waals surface area contributed by atoms with Crippen LogP contribution in [0.4, 0.5) is 16.2 Å². The molecule has 10 nitrogen and oxygen atoms in total. The average molecular weight is 552 g/mol. The molecule has 4 rings (SSSR count). The van der Waals surface area contributed by atoms with Gasteiger partial charge in [-0.15, -0.1) is 0 Å². The number of imide groups is 2. The molecule has 36 heavy (non-hydrogen) atoms. The number of amides is 4. The molecule has 1 aliphatic heterocycles. The number of hydrogen-bond acceptors (Lipinski definition) is 7. The zero-order chi connectivity index (χ0) is 25.8. The fraction of sp³-hybridized carbons (Fsp3) is 0.0800. The van der Waals surface area contributed by atoms with Gasteiger partial charge in [0.05, 0.1) is 17.7 Å². The van der Waals surface area contributed by atoms with E-state index in [0.717, 1.165) is 16.1 Å². The first-order chi connectivity index (χ1) is 17.3. The summed E-state index contributed by atoms with van der Waals surface area (Å²) >= 11 is 3.38. The number of nitrogens with one attached hydrogen (secondary N) is 1. The molecule has 1 heterocycles. The third-order valence-corrected chi connectivity index (χ3v) is 5.76. The Hall–Kier alpha value is -4.51. The van der Waals surface area contributed by atoms with E-state index in [0.29, 0.717) is 22.0 Å². The van der Waals surface area contributed by atoms with Crippen molar-refractivity contribution in [1.82, 2.24) is 5.32 Å². The number of carbonyl (C=O) groups is 3. The van der Waals surface area contributed by atoms with E-state index >= 15 is 0 Å². The quantitative estimate of drug-likeness (QED) is 0.196. The first-order valence-corrected chi connectivity index (χ1v) is 11.3. The Kier molecular flexibility index (Phi) is 7.11. The van der Waals surface area contributed by atoms with Crippen LogP contribution >= 0.6 is 15.9 Å². The molecule has 0 atom stereocenters. The maximum absolute atomic E-state index is 13.2. The summed E-state index contributed by atoms with van der Waals surface area (Å²) in [5.41, 5.74) is 0.564. The van der Waals surface area contributed by atoms with Crippen molar-refractivity contribution in [3.8, 4) is 11.5 Å². The number of benzene rings is 3. The van der Waals surface area contributed by atoms with Gasteiger partial charge in [-0.25, -0.2) is 9.69 Å². The van der Waals surface area contributed by atoms with Crippen LogP contribution in [0, 0.1) is 10.1 Å². The fourth-order valence-corrected chi connectivity index (χ4v) is 3.69. The van der Waals surface area contributed by atoms with Crippen LogP contribution in [0.25, 0.3) is 6.08 Å². The number of nitrogens with zero attached hydrogens (tertiary/aromatic N) is 2. The molecule has 0 aliphatic carbocycles. The highest BCUT2D eigenvalue weighted by Gasteiger charge is 2.37. The monoisotopic (exact) mass is 551 g/mol. The van der Waals surface area contributed by atoms with Gasteiger partial charge in [-0.05, 0) is 42.0 Å². The summed E-state index contributed by atoms with van der Waals surface area (Å²) in [4.78, 5) is 49.4. The number of hydrogen-bond donors (Lipinski definition) is 1. The van der Waals surface area contributed by atoms with Crippen molar-refractivity contribution >= 4 is 51.2 Å². The molecular weight excluding hydrogens is 534 g/mol. The highest BCUT2D eigenvalue weighted by Crippen LogP contribution is 2.30. The van der Waals surface area contributed by atoms with Gasteiger partial charge >= 0.3 is 6.03 Å². The molecule has 11 heteroatoms. The third-order valence-electron chi connectivity index (χ3n) is 5.23. The number of barbiturate groups is 1. The van der Waals surface area contributed by atoms with E-state index in [1.54, 1.807) is 18.2 Å². The van der Waals surface area contributed by atoms with E-state index in [-0.39, 0.29) is 23.6 Å². The Labute approximate surface area is 213 Å². The molecule has 0 saturated carbocycles. The number of carbonyl (C=O) groups excluding carboxylic acids is 3. The maximum atomic E-state index is 13.2. The summed E-state index contributed by atoms with van der Waals surface area (Å²) in [6.07, 6.45) is 1.30. The van der Waals surface area contributed by atoms with Crippen LogP contribution in [0.3, 0.4) is 0 Å². The van der Waals surface area contributed by atoms with Gasteiger partial charge in [-0.2, -0.15) is 0 Å². The molecule has 1 N–H and O–H groups in total. The Morgan fingerprint density at radius 1 is 1.06 bits per heavy atom. The summed E-state index contributed by atoms with van der Waals surface area (Å²) in [6.45, 7) is 0.203. The first-order valence-electron chi connectivity index (χ1n) is 10.5. The van der Waals surface area contributed by atoms with E-state index in [1.165, 1.54) is 31.4 Å². The van der Waals surface area contributed by atoms with Crippen LogP contribution in [0.5, 0.6) is 11.5 Å². The Morgan fingerprint density at radius 2 is 1.81 bits per heavy atom. The van der Waals surface area contributed by atoms with Gasteiger partial charge in [0.1, 0.15) is 23.7 Å². The molecule has 0 radical (unpaired) electrons. The highest BCUT2D eigenvalue weighted by molar-refractivity contribution is 9.10. The molecule has 0 spiro atoms. The normalized spacial score (nSPS) is 14.6. The predicted molar refractivity (Wildman–Crippen MR) is 134 cm³/mol. The van der Waals surface area contributed by atoms with Gasteiger partial charge in [-0.1, -0.05) is 34.1 Å². The number of nitro benzene ring substituents is 1. The Balaban J connectivity index is 1.69. The molecule has 0 aromatic heterocycles. The molecule has 3 aromatic carbocycles. The van der Waals surface area contributed by atoms with Crippen LogP contribution in [-0.2, 0) is 16.2 Å². The van der Waals surface area contributed by atoms with Crippen LogP contribution < -0.4 is 19.7 Å². The molecule has 4 amide bonds. The smallest absolute Gasteiger partial charge is 0.335 e. The summed E-state index contributed by atoms with van der Waals surface area (Å²) < 4.78 is 12.1. The lowest BCUT2D eigenvalue weighted by Crippen LogP contribution is -2.54. The minimum atomic E-state index is -1.01. The van der Waals surface area contributed by atoms with Gasteiger partial charge in [0.25, 0.3) is 17.5 Å². The summed E-state index contributed by atoms with van der Waals surface area (Å²) in [5, 5.41) is 13.2. The lowest BCUT2D eigenvalue weighted by molar-refractivity contribution is -0.384. The molecule has 1 saturated heterocycles. The van der Waals surface area contributed by atoms with Crippen molar-refractivity contribution in [3.63, 3.8) is 0 Å². The van der Waals surface area contributed by atoms with Gasteiger partial charge in [0.15, 0.2) is 0 Å². The number of urea groups is 1.